The summed E-state index contributed by atoms with van der Waals surface area (Å²) in [6.07, 6.45) is 4.24. The lowest BCUT2D eigenvalue weighted by molar-refractivity contribution is 0.0533. The van der Waals surface area contributed by atoms with Crippen molar-refractivity contribution in [3.05, 3.63) is 46.7 Å². The highest BCUT2D eigenvalue weighted by atomic mass is 79.9. The van der Waals surface area contributed by atoms with Crippen LogP contribution in [0.2, 0.25) is 0 Å². The first kappa shape index (κ1) is 19.0. The zero-order valence-corrected chi connectivity index (χ0v) is 16.2. The van der Waals surface area contributed by atoms with E-state index in [1.54, 1.807) is 17.1 Å². The minimum Gasteiger partial charge on any atom is -0.338 e. The molecule has 0 aliphatic carbocycles. The Balaban J connectivity index is 0.00000208. The van der Waals surface area contributed by atoms with Crippen LogP contribution in [0.4, 0.5) is 0 Å². The van der Waals surface area contributed by atoms with Gasteiger partial charge in [0.05, 0.1) is 17.4 Å². The molecule has 0 spiro atoms. The predicted molar refractivity (Wildman–Crippen MR) is 101 cm³/mol. The van der Waals surface area contributed by atoms with E-state index in [0.717, 1.165) is 16.6 Å². The second-order valence-electron chi connectivity index (χ2n) is 6.76. The molecule has 0 saturated carbocycles. The number of hydrogen-bond acceptors (Lipinski definition) is 3. The standard InChI is InChI=1S/C17H21BrN4O.ClH/c1-17(2)11-21(7-6-15(17)19)16(23)12-9-20-22(10-12)14-5-3-4-13(18)8-14;/h3-5,8-10,15H,6-7,11,19H2,1-2H3;1H. The molecule has 0 bridgehead atoms. The lowest BCUT2D eigenvalue weighted by atomic mass is 9.79. The van der Waals surface area contributed by atoms with Crippen molar-refractivity contribution in [1.29, 1.82) is 0 Å². The van der Waals surface area contributed by atoms with Crippen LogP contribution in [0.15, 0.2) is 41.1 Å². The highest BCUT2D eigenvalue weighted by Gasteiger charge is 2.35. The Morgan fingerprint density at radius 1 is 1.42 bits per heavy atom. The number of rotatable bonds is 2. The van der Waals surface area contributed by atoms with Crippen LogP contribution in [-0.4, -0.2) is 39.7 Å². The first-order valence-electron chi connectivity index (χ1n) is 7.72. The number of nitrogens with zero attached hydrogens (tertiary/aromatic N) is 3. The Bertz CT molecular complexity index is 731. The lowest BCUT2D eigenvalue weighted by Crippen LogP contribution is -2.53. The van der Waals surface area contributed by atoms with Crippen LogP contribution >= 0.6 is 28.3 Å². The van der Waals surface area contributed by atoms with Crippen molar-refractivity contribution in [2.24, 2.45) is 11.1 Å². The summed E-state index contributed by atoms with van der Waals surface area (Å²) in [6, 6.07) is 7.95. The normalized spacial score (nSPS) is 19.7. The van der Waals surface area contributed by atoms with E-state index in [9.17, 15) is 4.79 Å². The first-order chi connectivity index (χ1) is 10.9. The van der Waals surface area contributed by atoms with Gasteiger partial charge in [-0.05, 0) is 30.0 Å². The maximum absolute atomic E-state index is 12.7. The lowest BCUT2D eigenvalue weighted by Gasteiger charge is -2.42. The van der Waals surface area contributed by atoms with Crippen molar-refractivity contribution in [3.8, 4) is 5.69 Å². The molecule has 1 amide bonds. The van der Waals surface area contributed by atoms with Gasteiger partial charge in [-0.25, -0.2) is 4.68 Å². The van der Waals surface area contributed by atoms with Crippen molar-refractivity contribution >= 4 is 34.2 Å². The molecule has 3 rings (SSSR count). The average molecular weight is 414 g/mol. The van der Waals surface area contributed by atoms with Crippen LogP contribution in [0, 0.1) is 5.41 Å². The molecule has 1 unspecified atom stereocenters. The first-order valence-corrected chi connectivity index (χ1v) is 8.51. The molecule has 1 atom stereocenters. The summed E-state index contributed by atoms with van der Waals surface area (Å²) in [5, 5.41) is 4.32. The minimum atomic E-state index is -0.0613. The van der Waals surface area contributed by atoms with E-state index < -0.39 is 0 Å². The van der Waals surface area contributed by atoms with Crippen LogP contribution < -0.4 is 5.73 Å². The van der Waals surface area contributed by atoms with Crippen LogP contribution in [0.1, 0.15) is 30.6 Å². The van der Waals surface area contributed by atoms with Gasteiger partial charge in [0.25, 0.3) is 5.91 Å². The number of hydrogen-bond donors (Lipinski definition) is 1. The van der Waals surface area contributed by atoms with Crippen LogP contribution in [0.5, 0.6) is 0 Å². The Morgan fingerprint density at radius 3 is 2.83 bits per heavy atom. The smallest absolute Gasteiger partial charge is 0.257 e. The van der Waals surface area contributed by atoms with E-state index in [-0.39, 0.29) is 29.8 Å². The largest absolute Gasteiger partial charge is 0.338 e. The highest BCUT2D eigenvalue weighted by molar-refractivity contribution is 9.10. The molecule has 2 N–H and O–H groups in total. The number of nitrogens with two attached hydrogens (primary N) is 1. The molecular formula is C17H22BrClN4O. The molecular weight excluding hydrogens is 392 g/mol. The average Bonchev–Trinajstić information content (AvgIpc) is 2.99. The van der Waals surface area contributed by atoms with Crippen molar-refractivity contribution < 1.29 is 4.79 Å². The Morgan fingerprint density at radius 2 is 2.17 bits per heavy atom. The fraction of sp³-hybridized carbons (Fsp3) is 0.412. The summed E-state index contributed by atoms with van der Waals surface area (Å²) in [6.45, 7) is 5.60. The van der Waals surface area contributed by atoms with Gasteiger partial charge in [0, 0.05) is 29.8 Å². The molecule has 24 heavy (non-hydrogen) atoms. The number of carbonyl (C=O) groups is 1. The third kappa shape index (κ3) is 3.82. The Hall–Kier alpha value is -1.37. The van der Waals surface area contributed by atoms with Crippen LogP contribution in [-0.2, 0) is 0 Å². The SMILES string of the molecule is CC1(C)CN(C(=O)c2cnn(-c3cccc(Br)c3)c2)CCC1N.Cl. The van der Waals surface area contributed by atoms with Gasteiger partial charge in [0.15, 0.2) is 0 Å². The fourth-order valence-corrected chi connectivity index (χ4v) is 3.31. The van der Waals surface area contributed by atoms with E-state index in [1.807, 2.05) is 29.2 Å². The van der Waals surface area contributed by atoms with Crippen molar-refractivity contribution in [2.45, 2.75) is 26.3 Å². The summed E-state index contributed by atoms with van der Waals surface area (Å²) >= 11 is 3.45. The van der Waals surface area contributed by atoms with Gasteiger partial charge in [0.2, 0.25) is 0 Å². The van der Waals surface area contributed by atoms with Crippen molar-refractivity contribution in [2.75, 3.05) is 13.1 Å². The molecule has 1 aliphatic rings. The fourth-order valence-electron chi connectivity index (χ4n) is 2.92. The summed E-state index contributed by atoms with van der Waals surface area (Å²) < 4.78 is 2.70. The molecule has 1 aromatic carbocycles. The third-order valence-electron chi connectivity index (χ3n) is 4.50. The molecule has 1 aromatic heterocycles. The van der Waals surface area contributed by atoms with Crippen LogP contribution in [0.25, 0.3) is 5.69 Å². The molecule has 1 saturated heterocycles. The topological polar surface area (TPSA) is 64.2 Å². The Labute approximate surface area is 156 Å². The van der Waals surface area contributed by atoms with Gasteiger partial charge in [-0.15, -0.1) is 12.4 Å². The van der Waals surface area contributed by atoms with E-state index in [1.165, 1.54) is 0 Å². The summed E-state index contributed by atoms with van der Waals surface area (Å²) in [4.78, 5) is 14.6. The van der Waals surface area contributed by atoms with Gasteiger partial charge < -0.3 is 10.6 Å². The van der Waals surface area contributed by atoms with Gasteiger partial charge in [-0.2, -0.15) is 5.10 Å². The molecule has 5 nitrogen and oxygen atoms in total. The number of halogens is 2. The van der Waals surface area contributed by atoms with Gasteiger partial charge in [0.1, 0.15) is 0 Å². The maximum Gasteiger partial charge on any atom is 0.257 e. The highest BCUT2D eigenvalue weighted by Crippen LogP contribution is 2.28. The monoisotopic (exact) mass is 412 g/mol. The summed E-state index contributed by atoms with van der Waals surface area (Å²) in [5.41, 5.74) is 7.61. The zero-order chi connectivity index (χ0) is 16.6. The molecule has 2 aromatic rings. The molecule has 130 valence electrons. The molecule has 2 heterocycles. The third-order valence-corrected chi connectivity index (χ3v) is 4.99. The quantitative estimate of drug-likeness (QED) is 0.822. The predicted octanol–water partition coefficient (Wildman–Crippen LogP) is 3.26. The molecule has 1 aliphatic heterocycles. The second-order valence-corrected chi connectivity index (χ2v) is 7.68. The van der Waals surface area contributed by atoms with Gasteiger partial charge >= 0.3 is 0 Å². The van der Waals surface area contributed by atoms with Crippen LogP contribution in [0.3, 0.4) is 0 Å². The van der Waals surface area contributed by atoms with Crippen molar-refractivity contribution in [3.63, 3.8) is 0 Å². The number of likely N-dealkylation sites (tertiary alicyclic amines) is 1. The van der Waals surface area contributed by atoms with E-state index in [0.29, 0.717) is 18.7 Å². The molecule has 1 fully saturated rings. The second kappa shape index (κ2) is 7.25. The van der Waals surface area contributed by atoms with Gasteiger partial charge in [-0.1, -0.05) is 35.8 Å². The molecule has 7 heteroatoms. The van der Waals surface area contributed by atoms with E-state index >= 15 is 0 Å². The number of aromatic nitrogens is 2. The number of piperidine rings is 1. The van der Waals surface area contributed by atoms with Crippen molar-refractivity contribution in [1.82, 2.24) is 14.7 Å². The molecule has 0 radical (unpaired) electrons. The zero-order valence-electron chi connectivity index (χ0n) is 13.8. The van der Waals surface area contributed by atoms with Gasteiger partial charge in [-0.3, -0.25) is 4.79 Å². The summed E-state index contributed by atoms with van der Waals surface area (Å²) in [5.74, 6) is 0.0196. The summed E-state index contributed by atoms with van der Waals surface area (Å²) in [7, 11) is 0. The number of benzene rings is 1. The van der Waals surface area contributed by atoms with E-state index in [2.05, 4.69) is 34.9 Å². The van der Waals surface area contributed by atoms with E-state index in [4.69, 9.17) is 5.73 Å². The maximum atomic E-state index is 12.7. The number of carbonyl (C=O) groups excluding carboxylic acids is 1. The number of amides is 1. The minimum absolute atomic E-state index is 0. The Kier molecular flexibility index (Phi) is 5.73.